The van der Waals surface area contributed by atoms with Crippen LogP contribution in [0.4, 0.5) is 5.69 Å². The second-order valence-corrected chi connectivity index (χ2v) is 5.80. The number of hydrogen-bond donors (Lipinski definition) is 1. The largest absolute Gasteiger partial charge is 0.466 e. The molecule has 23 heavy (non-hydrogen) atoms. The first-order valence-electron chi connectivity index (χ1n) is 7.85. The van der Waals surface area contributed by atoms with E-state index in [1.54, 1.807) is 13.0 Å². The number of anilines is 1. The maximum Gasteiger partial charge on any atom is 0.259 e. The van der Waals surface area contributed by atoms with Crippen molar-refractivity contribution in [1.82, 2.24) is 9.55 Å². The van der Waals surface area contributed by atoms with Gasteiger partial charge >= 0.3 is 0 Å². The van der Waals surface area contributed by atoms with Gasteiger partial charge in [0, 0.05) is 12.2 Å². The Kier molecular flexibility index (Phi) is 3.94. The molecule has 0 aliphatic carbocycles. The van der Waals surface area contributed by atoms with E-state index in [-0.39, 0.29) is 5.91 Å². The Morgan fingerprint density at radius 3 is 2.70 bits per heavy atom. The van der Waals surface area contributed by atoms with Gasteiger partial charge in [-0.2, -0.15) is 0 Å². The lowest BCUT2D eigenvalue weighted by Gasteiger charge is -2.06. The van der Waals surface area contributed by atoms with E-state index in [1.165, 1.54) is 0 Å². The minimum Gasteiger partial charge on any atom is -0.466 e. The minimum absolute atomic E-state index is 0.164. The summed E-state index contributed by atoms with van der Waals surface area (Å²) in [4.78, 5) is 16.9. The molecule has 0 bridgehead atoms. The molecule has 0 spiro atoms. The van der Waals surface area contributed by atoms with Gasteiger partial charge in [0.15, 0.2) is 0 Å². The number of carbonyl (C=O) groups is 1. The monoisotopic (exact) mass is 311 g/mol. The van der Waals surface area contributed by atoms with Crippen molar-refractivity contribution in [3.05, 3.63) is 47.2 Å². The number of furan rings is 1. The molecule has 2 heterocycles. The van der Waals surface area contributed by atoms with Crippen LogP contribution in [-0.4, -0.2) is 15.5 Å². The van der Waals surface area contributed by atoms with Crippen molar-refractivity contribution in [2.45, 2.75) is 40.7 Å². The van der Waals surface area contributed by atoms with E-state index < -0.39 is 0 Å². The van der Waals surface area contributed by atoms with Crippen LogP contribution >= 0.6 is 0 Å². The summed E-state index contributed by atoms with van der Waals surface area (Å²) in [6.07, 6.45) is 1.06. The molecule has 2 aromatic heterocycles. The third-order valence-electron chi connectivity index (χ3n) is 3.93. The maximum atomic E-state index is 12.4. The van der Waals surface area contributed by atoms with Crippen LogP contribution in [0.25, 0.3) is 11.0 Å². The van der Waals surface area contributed by atoms with Gasteiger partial charge < -0.3 is 14.3 Å². The zero-order valence-electron chi connectivity index (χ0n) is 13.9. The van der Waals surface area contributed by atoms with Crippen LogP contribution < -0.4 is 5.32 Å². The predicted molar refractivity (Wildman–Crippen MR) is 90.9 cm³/mol. The van der Waals surface area contributed by atoms with Gasteiger partial charge in [-0.3, -0.25) is 4.79 Å². The summed E-state index contributed by atoms with van der Waals surface area (Å²) in [5.41, 5.74) is 3.30. The Hall–Kier alpha value is -2.56. The average molecular weight is 311 g/mol. The molecular weight excluding hydrogens is 290 g/mol. The second-order valence-electron chi connectivity index (χ2n) is 5.80. The van der Waals surface area contributed by atoms with Crippen molar-refractivity contribution >= 4 is 22.6 Å². The highest BCUT2D eigenvalue weighted by molar-refractivity contribution is 6.05. The first-order valence-corrected chi connectivity index (χ1v) is 7.85. The molecule has 0 aliphatic heterocycles. The van der Waals surface area contributed by atoms with Crippen LogP contribution in [0.2, 0.25) is 0 Å². The Balaban J connectivity index is 1.89. The number of aryl methyl sites for hydroxylation is 4. The molecule has 1 amide bonds. The normalized spacial score (nSPS) is 11.1. The fourth-order valence-electron chi connectivity index (χ4n) is 2.89. The zero-order valence-corrected chi connectivity index (χ0v) is 13.9. The number of carbonyl (C=O) groups excluding carboxylic acids is 1. The number of hydrogen-bond acceptors (Lipinski definition) is 3. The van der Waals surface area contributed by atoms with E-state index in [9.17, 15) is 4.79 Å². The van der Waals surface area contributed by atoms with Crippen molar-refractivity contribution in [1.29, 1.82) is 0 Å². The van der Waals surface area contributed by atoms with Crippen LogP contribution in [-0.2, 0) is 6.54 Å². The summed E-state index contributed by atoms with van der Waals surface area (Å²) < 4.78 is 7.61. The first-order chi connectivity index (χ1) is 11.0. The van der Waals surface area contributed by atoms with Crippen molar-refractivity contribution in [2.24, 2.45) is 0 Å². The minimum atomic E-state index is -0.164. The molecule has 0 atom stereocenters. The standard InChI is InChI=1S/C18H21N3O2/c1-5-8-21-13(4)19-16-10-14(6-7-17(16)21)20-18(22)15-9-11(2)23-12(15)3/h6-7,9-10H,5,8H2,1-4H3,(H,20,22). The van der Waals surface area contributed by atoms with E-state index in [4.69, 9.17) is 4.42 Å². The summed E-state index contributed by atoms with van der Waals surface area (Å²) in [6.45, 7) is 8.72. The number of rotatable bonds is 4. The number of imidazole rings is 1. The highest BCUT2D eigenvalue weighted by Crippen LogP contribution is 2.22. The topological polar surface area (TPSA) is 60.1 Å². The van der Waals surface area contributed by atoms with E-state index in [0.717, 1.165) is 41.3 Å². The maximum absolute atomic E-state index is 12.4. The molecule has 0 saturated heterocycles. The number of benzene rings is 1. The molecular formula is C18H21N3O2. The number of amides is 1. The molecule has 120 valence electrons. The first kappa shape index (κ1) is 15.3. The number of nitrogens with zero attached hydrogens (tertiary/aromatic N) is 2. The molecule has 1 aromatic carbocycles. The Labute approximate surface area is 135 Å². The lowest BCUT2D eigenvalue weighted by Crippen LogP contribution is -2.12. The van der Waals surface area contributed by atoms with Gasteiger partial charge in [0.05, 0.1) is 16.6 Å². The third-order valence-corrected chi connectivity index (χ3v) is 3.93. The van der Waals surface area contributed by atoms with Crippen molar-refractivity contribution < 1.29 is 9.21 Å². The number of fused-ring (bicyclic) bond motifs is 1. The Morgan fingerprint density at radius 1 is 1.26 bits per heavy atom. The highest BCUT2D eigenvalue weighted by Gasteiger charge is 2.14. The summed E-state index contributed by atoms with van der Waals surface area (Å²) in [5, 5.41) is 2.92. The van der Waals surface area contributed by atoms with E-state index in [2.05, 4.69) is 21.8 Å². The third kappa shape index (κ3) is 2.86. The van der Waals surface area contributed by atoms with E-state index in [1.807, 2.05) is 32.0 Å². The van der Waals surface area contributed by atoms with Gasteiger partial charge in [0.1, 0.15) is 17.3 Å². The smallest absolute Gasteiger partial charge is 0.259 e. The van der Waals surface area contributed by atoms with Gasteiger partial charge in [0.2, 0.25) is 0 Å². The molecule has 0 aliphatic rings. The van der Waals surface area contributed by atoms with Gasteiger partial charge in [0.25, 0.3) is 5.91 Å². The molecule has 0 fully saturated rings. The second kappa shape index (κ2) is 5.91. The lowest BCUT2D eigenvalue weighted by atomic mass is 10.2. The van der Waals surface area contributed by atoms with E-state index in [0.29, 0.717) is 11.3 Å². The molecule has 0 radical (unpaired) electrons. The summed E-state index contributed by atoms with van der Waals surface area (Å²) in [7, 11) is 0. The van der Waals surface area contributed by atoms with Crippen molar-refractivity contribution in [3.63, 3.8) is 0 Å². The van der Waals surface area contributed by atoms with Crippen LogP contribution in [0.1, 0.15) is 41.0 Å². The average Bonchev–Trinajstić information content (AvgIpc) is 2.99. The highest BCUT2D eigenvalue weighted by atomic mass is 16.3. The summed E-state index contributed by atoms with van der Waals surface area (Å²) >= 11 is 0. The molecule has 3 rings (SSSR count). The molecule has 0 saturated carbocycles. The Morgan fingerprint density at radius 2 is 2.04 bits per heavy atom. The van der Waals surface area contributed by atoms with Crippen LogP contribution in [0.3, 0.4) is 0 Å². The SMILES string of the molecule is CCCn1c(C)nc2cc(NC(=O)c3cc(C)oc3C)ccc21. The molecule has 5 heteroatoms. The van der Waals surface area contributed by atoms with Crippen molar-refractivity contribution in [2.75, 3.05) is 5.32 Å². The van der Waals surface area contributed by atoms with Gasteiger partial charge in [-0.05, 0) is 51.5 Å². The van der Waals surface area contributed by atoms with Crippen LogP contribution in [0, 0.1) is 20.8 Å². The molecule has 5 nitrogen and oxygen atoms in total. The molecule has 0 unspecified atom stereocenters. The lowest BCUT2D eigenvalue weighted by molar-refractivity contribution is 0.102. The fourth-order valence-corrected chi connectivity index (χ4v) is 2.89. The molecule has 3 aromatic rings. The number of nitrogens with one attached hydrogen (secondary N) is 1. The van der Waals surface area contributed by atoms with E-state index >= 15 is 0 Å². The summed E-state index contributed by atoms with van der Waals surface area (Å²) in [6, 6.07) is 7.59. The number of aromatic nitrogens is 2. The quantitative estimate of drug-likeness (QED) is 0.785. The van der Waals surface area contributed by atoms with Gasteiger partial charge in [-0.15, -0.1) is 0 Å². The predicted octanol–water partition coefficient (Wildman–Crippen LogP) is 4.22. The molecule has 1 N–H and O–H groups in total. The van der Waals surface area contributed by atoms with Crippen LogP contribution in [0.5, 0.6) is 0 Å². The zero-order chi connectivity index (χ0) is 16.6. The fraction of sp³-hybridized carbons (Fsp3) is 0.333. The van der Waals surface area contributed by atoms with Gasteiger partial charge in [-0.1, -0.05) is 6.92 Å². The van der Waals surface area contributed by atoms with Gasteiger partial charge in [-0.25, -0.2) is 4.98 Å². The van der Waals surface area contributed by atoms with Crippen molar-refractivity contribution in [3.8, 4) is 0 Å². The summed E-state index contributed by atoms with van der Waals surface area (Å²) in [5.74, 6) is 2.19. The Bertz CT molecular complexity index is 874. The van der Waals surface area contributed by atoms with Crippen LogP contribution in [0.15, 0.2) is 28.7 Å².